The summed E-state index contributed by atoms with van der Waals surface area (Å²) >= 11 is 0. The van der Waals surface area contributed by atoms with E-state index >= 15 is 0 Å². The lowest BCUT2D eigenvalue weighted by molar-refractivity contribution is -0.136. The van der Waals surface area contributed by atoms with Crippen molar-refractivity contribution >= 4 is 35.3 Å². The summed E-state index contributed by atoms with van der Waals surface area (Å²) in [5, 5.41) is 5.64. The van der Waals surface area contributed by atoms with Crippen molar-refractivity contribution < 1.29 is 38.2 Å². The van der Waals surface area contributed by atoms with Crippen LogP contribution in [0.15, 0.2) is 79.1 Å². The van der Waals surface area contributed by atoms with E-state index in [2.05, 4.69) is 51.3 Å². The zero-order chi connectivity index (χ0) is 35.9. The van der Waals surface area contributed by atoms with Gasteiger partial charge in [-0.2, -0.15) is 0 Å². The number of nitrogens with zero attached hydrogens (tertiary/aromatic N) is 3. The van der Waals surface area contributed by atoms with Crippen molar-refractivity contribution in [2.24, 2.45) is 0 Å². The highest BCUT2D eigenvalue weighted by Gasteiger charge is 2.45. The van der Waals surface area contributed by atoms with E-state index in [0.29, 0.717) is 17.2 Å². The van der Waals surface area contributed by atoms with Gasteiger partial charge in [0, 0.05) is 36.4 Å². The van der Waals surface area contributed by atoms with Gasteiger partial charge in [-0.1, -0.05) is 38.1 Å². The lowest BCUT2D eigenvalue weighted by Crippen LogP contribution is -2.54. The van der Waals surface area contributed by atoms with Gasteiger partial charge in [-0.15, -0.1) is 0 Å². The second-order valence-electron chi connectivity index (χ2n) is 13.3. The smallest absolute Gasteiger partial charge is 0.376 e. The summed E-state index contributed by atoms with van der Waals surface area (Å²) in [6.07, 6.45) is 4.58. The van der Waals surface area contributed by atoms with Crippen molar-refractivity contribution in [1.29, 1.82) is 0 Å². The quantitative estimate of drug-likeness (QED) is 0.173. The van der Waals surface area contributed by atoms with E-state index in [1.165, 1.54) is 19.5 Å². The molecule has 0 bridgehead atoms. The molecule has 13 heteroatoms. The number of ether oxygens (including phenoxy) is 3. The average Bonchev–Trinajstić information content (AvgIpc) is 3.36. The molecule has 0 spiro atoms. The average molecular weight is 690 g/mol. The number of fused-ring (bicyclic) bond motifs is 1. The van der Waals surface area contributed by atoms with Crippen LogP contribution in [0, 0.1) is 0 Å². The molecule has 0 radical (unpaired) electrons. The SMILES string of the molecule is COC(=O)c1ncc(Oc2ccc(C(C)(C)c3ccc(O[C@H]4C[C@H](Nc5ccc6c(c5)C(=O)N(C5CCC(=O)NC5=O)C6=O)C4)cc3)cc2)cn1. The van der Waals surface area contributed by atoms with Crippen molar-refractivity contribution in [3.63, 3.8) is 0 Å². The topological polar surface area (TPSA) is 166 Å². The van der Waals surface area contributed by atoms with Gasteiger partial charge in [0.05, 0.1) is 30.6 Å². The molecule has 51 heavy (non-hydrogen) atoms. The van der Waals surface area contributed by atoms with Gasteiger partial charge < -0.3 is 19.5 Å². The number of imide groups is 2. The Labute approximate surface area is 293 Å². The van der Waals surface area contributed by atoms with Crippen LogP contribution >= 0.6 is 0 Å². The third-order valence-electron chi connectivity index (χ3n) is 9.59. The molecule has 7 rings (SSSR count). The number of carbonyl (C=O) groups is 5. The van der Waals surface area contributed by atoms with Gasteiger partial charge in [-0.05, 0) is 60.0 Å². The molecule has 2 N–H and O–H groups in total. The third-order valence-corrected chi connectivity index (χ3v) is 9.59. The number of hydrogen-bond acceptors (Lipinski definition) is 11. The Bertz CT molecular complexity index is 2020. The largest absolute Gasteiger partial charge is 0.490 e. The number of methoxy groups -OCH3 is 1. The molecule has 3 heterocycles. The number of anilines is 1. The number of hydrogen-bond donors (Lipinski definition) is 2. The number of piperidine rings is 1. The van der Waals surface area contributed by atoms with Crippen LogP contribution in [0.4, 0.5) is 5.69 Å². The monoisotopic (exact) mass is 689 g/mol. The van der Waals surface area contributed by atoms with E-state index in [1.54, 1.807) is 18.2 Å². The number of benzene rings is 3. The minimum absolute atomic E-state index is 0.0247. The van der Waals surface area contributed by atoms with Crippen molar-refractivity contribution in [3.8, 4) is 17.2 Å². The van der Waals surface area contributed by atoms with Crippen LogP contribution in [0.25, 0.3) is 0 Å². The highest BCUT2D eigenvalue weighted by molar-refractivity contribution is 6.23. The molecule has 1 saturated carbocycles. The lowest BCUT2D eigenvalue weighted by Gasteiger charge is -2.36. The van der Waals surface area contributed by atoms with Crippen LogP contribution in [0.1, 0.15) is 82.0 Å². The molecule has 260 valence electrons. The van der Waals surface area contributed by atoms with Gasteiger partial charge in [0.25, 0.3) is 11.8 Å². The summed E-state index contributed by atoms with van der Waals surface area (Å²) in [5.74, 6) is -0.966. The molecule has 1 aromatic heterocycles. The molecule has 4 amide bonds. The first-order valence-electron chi connectivity index (χ1n) is 16.6. The second kappa shape index (κ2) is 13.3. The predicted molar refractivity (Wildman–Crippen MR) is 183 cm³/mol. The first-order chi connectivity index (χ1) is 24.5. The predicted octanol–water partition coefficient (Wildman–Crippen LogP) is 4.80. The van der Waals surface area contributed by atoms with Gasteiger partial charge in [0.15, 0.2) is 5.75 Å². The van der Waals surface area contributed by atoms with Crippen LogP contribution in [0.3, 0.4) is 0 Å². The van der Waals surface area contributed by atoms with Crippen LogP contribution in [0.5, 0.6) is 17.2 Å². The fourth-order valence-electron chi connectivity index (χ4n) is 6.53. The van der Waals surface area contributed by atoms with E-state index in [9.17, 15) is 24.0 Å². The molecule has 3 aromatic carbocycles. The Morgan fingerprint density at radius 1 is 0.843 bits per heavy atom. The fraction of sp³-hybridized carbons (Fsp3) is 0.289. The fourth-order valence-corrected chi connectivity index (χ4v) is 6.53. The summed E-state index contributed by atoms with van der Waals surface area (Å²) in [7, 11) is 1.27. The Morgan fingerprint density at radius 3 is 2.10 bits per heavy atom. The molecular weight excluding hydrogens is 654 g/mol. The van der Waals surface area contributed by atoms with E-state index < -0.39 is 35.6 Å². The van der Waals surface area contributed by atoms with Gasteiger partial charge in [-0.3, -0.25) is 29.4 Å². The Kier molecular flexibility index (Phi) is 8.71. The first kappa shape index (κ1) is 33.4. The van der Waals surface area contributed by atoms with E-state index in [0.717, 1.165) is 34.6 Å². The minimum Gasteiger partial charge on any atom is -0.490 e. The maximum absolute atomic E-state index is 13.2. The van der Waals surface area contributed by atoms with Crippen LogP contribution in [-0.2, 0) is 19.7 Å². The molecule has 1 unspecified atom stereocenters. The number of amides is 4. The van der Waals surface area contributed by atoms with Crippen LogP contribution in [-0.4, -0.2) is 69.8 Å². The maximum Gasteiger partial charge on any atom is 0.376 e. The van der Waals surface area contributed by atoms with Crippen LogP contribution in [0.2, 0.25) is 0 Å². The van der Waals surface area contributed by atoms with Crippen molar-refractivity contribution in [2.75, 3.05) is 12.4 Å². The first-order valence-corrected chi connectivity index (χ1v) is 16.6. The molecule has 2 aliphatic heterocycles. The van der Waals surface area contributed by atoms with E-state index in [1.807, 2.05) is 36.4 Å². The van der Waals surface area contributed by atoms with E-state index in [-0.39, 0.29) is 47.4 Å². The standard InChI is InChI=1S/C38H35N5O8/c1-38(2,22-6-11-26(12-7-22)51-28-19-39-33(40-20-28)37(48)49-3)21-4-9-25(10-5-21)50-27-16-24(17-27)41-23-8-13-29-30(18-23)36(47)43(35(29)46)31-14-15-32(44)42-34(31)45/h4-13,18-20,24,27,31,41H,14-17H2,1-3H3,(H,42,44,45)/t24-,27-,31?. The summed E-state index contributed by atoms with van der Waals surface area (Å²) in [6.45, 7) is 4.30. The highest BCUT2D eigenvalue weighted by Crippen LogP contribution is 2.36. The van der Waals surface area contributed by atoms with Gasteiger partial charge in [0.2, 0.25) is 17.6 Å². The second-order valence-corrected chi connectivity index (χ2v) is 13.3. The number of carbonyl (C=O) groups excluding carboxylic acids is 5. The van der Waals surface area contributed by atoms with Crippen molar-refractivity contribution in [1.82, 2.24) is 20.2 Å². The maximum atomic E-state index is 13.2. The zero-order valence-corrected chi connectivity index (χ0v) is 28.2. The Hall–Kier alpha value is -6.11. The molecule has 4 aromatic rings. The number of nitrogens with one attached hydrogen (secondary N) is 2. The number of esters is 1. The molecule has 1 aliphatic carbocycles. The minimum atomic E-state index is -0.994. The normalized spacial score (nSPS) is 19.9. The van der Waals surface area contributed by atoms with Crippen molar-refractivity contribution in [2.45, 2.75) is 63.1 Å². The van der Waals surface area contributed by atoms with Gasteiger partial charge >= 0.3 is 5.97 Å². The third kappa shape index (κ3) is 6.62. The molecule has 3 aliphatic rings. The number of rotatable bonds is 10. The molecule has 13 nitrogen and oxygen atoms in total. The zero-order valence-electron chi connectivity index (χ0n) is 28.2. The summed E-state index contributed by atoms with van der Waals surface area (Å²) < 4.78 is 16.7. The molecular formula is C38H35N5O8. The van der Waals surface area contributed by atoms with Crippen molar-refractivity contribution in [3.05, 3.63) is 107 Å². The van der Waals surface area contributed by atoms with Gasteiger partial charge in [0.1, 0.15) is 23.6 Å². The molecule has 1 saturated heterocycles. The highest BCUT2D eigenvalue weighted by atomic mass is 16.5. The summed E-state index contributed by atoms with van der Waals surface area (Å²) in [6, 6.07) is 20.0. The Morgan fingerprint density at radius 2 is 1.47 bits per heavy atom. The number of aromatic nitrogens is 2. The van der Waals surface area contributed by atoms with Crippen LogP contribution < -0.4 is 20.1 Å². The Balaban J connectivity index is 0.907. The molecule has 1 atom stereocenters. The van der Waals surface area contributed by atoms with Gasteiger partial charge in [-0.25, -0.2) is 14.8 Å². The lowest BCUT2D eigenvalue weighted by atomic mass is 9.78. The summed E-state index contributed by atoms with van der Waals surface area (Å²) in [5.41, 5.74) is 3.11. The van der Waals surface area contributed by atoms with E-state index in [4.69, 9.17) is 9.47 Å². The summed E-state index contributed by atoms with van der Waals surface area (Å²) in [4.78, 5) is 70.5. The molecule has 2 fully saturated rings.